The first-order chi connectivity index (χ1) is 9.04. The summed E-state index contributed by atoms with van der Waals surface area (Å²) in [6.07, 6.45) is 1.28. The fraction of sp³-hybridized carbons (Fsp3) is 0.500. The van der Waals surface area contributed by atoms with Crippen LogP contribution < -0.4 is 10.6 Å². The zero-order valence-electron chi connectivity index (χ0n) is 11.4. The van der Waals surface area contributed by atoms with Crippen LogP contribution in [0.25, 0.3) is 0 Å². The van der Waals surface area contributed by atoms with Gasteiger partial charge in [-0.05, 0) is 19.4 Å². The molecule has 0 spiro atoms. The zero-order valence-corrected chi connectivity index (χ0v) is 11.4. The van der Waals surface area contributed by atoms with Crippen molar-refractivity contribution < 1.29 is 14.3 Å². The highest BCUT2D eigenvalue weighted by Crippen LogP contribution is 2.20. The number of hydrogen-bond donors (Lipinski definition) is 3. The summed E-state index contributed by atoms with van der Waals surface area (Å²) in [5.74, 6) is -0.546. The van der Waals surface area contributed by atoms with Gasteiger partial charge >= 0.3 is 0 Å². The molecular weight excluding hydrogens is 247 g/mol. The number of phenols is 1. The highest BCUT2D eigenvalue weighted by atomic mass is 19.1. The summed E-state index contributed by atoms with van der Waals surface area (Å²) in [4.78, 5) is 11.4. The van der Waals surface area contributed by atoms with Gasteiger partial charge in [-0.15, -0.1) is 0 Å². The van der Waals surface area contributed by atoms with Crippen LogP contribution in [0.15, 0.2) is 18.2 Å². The first kappa shape index (κ1) is 15.4. The molecule has 0 aliphatic carbocycles. The van der Waals surface area contributed by atoms with Crippen LogP contribution >= 0.6 is 0 Å². The Labute approximate surface area is 113 Å². The smallest absolute Gasteiger partial charge is 0.221 e. The largest absolute Gasteiger partial charge is 0.508 e. The van der Waals surface area contributed by atoms with Crippen molar-refractivity contribution in [3.05, 3.63) is 29.6 Å². The van der Waals surface area contributed by atoms with Gasteiger partial charge in [-0.1, -0.05) is 13.0 Å². The van der Waals surface area contributed by atoms with Crippen LogP contribution in [-0.2, 0) is 4.79 Å². The topological polar surface area (TPSA) is 61.4 Å². The molecule has 0 aliphatic rings. The molecule has 1 atom stereocenters. The molecule has 0 fully saturated rings. The molecular formula is C14H21FN2O2. The van der Waals surface area contributed by atoms with Crippen LogP contribution in [0.2, 0.25) is 0 Å². The quantitative estimate of drug-likeness (QED) is 0.709. The molecule has 1 amide bonds. The molecule has 0 heterocycles. The summed E-state index contributed by atoms with van der Waals surface area (Å²) in [7, 11) is 0. The number of carbonyl (C=O) groups excluding carboxylic acids is 1. The van der Waals surface area contributed by atoms with Crippen LogP contribution in [0.3, 0.4) is 0 Å². The first-order valence-electron chi connectivity index (χ1n) is 6.53. The normalized spacial score (nSPS) is 12.2. The SMILES string of the molecule is CCCNC(=O)CCNC(C)c1ccc(O)cc1F. The number of nitrogens with one attached hydrogen (secondary N) is 2. The molecule has 19 heavy (non-hydrogen) atoms. The van der Waals surface area contributed by atoms with Crippen molar-refractivity contribution >= 4 is 5.91 Å². The second-order valence-corrected chi connectivity index (χ2v) is 4.48. The van der Waals surface area contributed by atoms with E-state index in [1.165, 1.54) is 6.07 Å². The number of rotatable bonds is 7. The molecule has 0 bridgehead atoms. The molecule has 3 N–H and O–H groups in total. The Balaban J connectivity index is 2.38. The number of phenolic OH excluding ortho intramolecular Hbond substituents is 1. The maximum atomic E-state index is 13.6. The predicted molar refractivity (Wildman–Crippen MR) is 72.4 cm³/mol. The Morgan fingerprint density at radius 3 is 2.79 bits per heavy atom. The summed E-state index contributed by atoms with van der Waals surface area (Å²) < 4.78 is 13.6. The average molecular weight is 268 g/mol. The van der Waals surface area contributed by atoms with E-state index in [1.54, 1.807) is 6.07 Å². The third-order valence-corrected chi connectivity index (χ3v) is 2.83. The van der Waals surface area contributed by atoms with E-state index in [0.717, 1.165) is 12.5 Å². The summed E-state index contributed by atoms with van der Waals surface area (Å²) in [5, 5.41) is 15.0. The van der Waals surface area contributed by atoms with E-state index in [4.69, 9.17) is 5.11 Å². The molecule has 0 aromatic heterocycles. The number of halogens is 1. The molecule has 1 unspecified atom stereocenters. The van der Waals surface area contributed by atoms with Gasteiger partial charge in [0.05, 0.1) is 0 Å². The summed E-state index contributed by atoms with van der Waals surface area (Å²) in [5.41, 5.74) is 0.478. The van der Waals surface area contributed by atoms with Crippen molar-refractivity contribution in [2.45, 2.75) is 32.7 Å². The summed E-state index contributed by atoms with van der Waals surface area (Å²) >= 11 is 0. The van der Waals surface area contributed by atoms with E-state index < -0.39 is 5.82 Å². The maximum absolute atomic E-state index is 13.6. The van der Waals surface area contributed by atoms with Gasteiger partial charge in [0, 0.05) is 37.2 Å². The lowest BCUT2D eigenvalue weighted by Crippen LogP contribution is -2.29. The number of carbonyl (C=O) groups is 1. The number of amides is 1. The Morgan fingerprint density at radius 1 is 1.42 bits per heavy atom. The fourth-order valence-electron chi connectivity index (χ4n) is 1.73. The lowest BCUT2D eigenvalue weighted by Gasteiger charge is -2.15. The molecule has 5 heteroatoms. The second kappa shape index (κ2) is 7.74. The van der Waals surface area contributed by atoms with Crippen molar-refractivity contribution in [3.63, 3.8) is 0 Å². The van der Waals surface area contributed by atoms with Crippen molar-refractivity contribution in [1.82, 2.24) is 10.6 Å². The molecule has 0 saturated heterocycles. The van der Waals surface area contributed by atoms with E-state index in [2.05, 4.69) is 10.6 Å². The minimum atomic E-state index is -0.449. The first-order valence-corrected chi connectivity index (χ1v) is 6.53. The molecule has 4 nitrogen and oxygen atoms in total. The number of hydrogen-bond acceptors (Lipinski definition) is 3. The third-order valence-electron chi connectivity index (χ3n) is 2.83. The monoisotopic (exact) mass is 268 g/mol. The van der Waals surface area contributed by atoms with E-state index in [0.29, 0.717) is 25.1 Å². The van der Waals surface area contributed by atoms with Gasteiger partial charge in [0.1, 0.15) is 11.6 Å². The predicted octanol–water partition coefficient (Wildman–Crippen LogP) is 2.10. The minimum absolute atomic E-state index is 0.00673. The zero-order chi connectivity index (χ0) is 14.3. The molecule has 1 aromatic carbocycles. The van der Waals surface area contributed by atoms with Crippen LogP contribution in [0.4, 0.5) is 4.39 Å². The van der Waals surface area contributed by atoms with E-state index in [9.17, 15) is 9.18 Å². The van der Waals surface area contributed by atoms with Crippen LogP contribution in [-0.4, -0.2) is 24.1 Å². The van der Waals surface area contributed by atoms with Crippen LogP contribution in [0.1, 0.15) is 38.3 Å². The van der Waals surface area contributed by atoms with E-state index in [-0.39, 0.29) is 17.7 Å². The summed E-state index contributed by atoms with van der Waals surface area (Å²) in [6.45, 7) is 4.98. The van der Waals surface area contributed by atoms with E-state index in [1.807, 2.05) is 13.8 Å². The van der Waals surface area contributed by atoms with Crippen molar-refractivity contribution in [3.8, 4) is 5.75 Å². The van der Waals surface area contributed by atoms with Gasteiger partial charge in [0.15, 0.2) is 0 Å². The van der Waals surface area contributed by atoms with Gasteiger partial charge < -0.3 is 15.7 Å². The highest BCUT2D eigenvalue weighted by Gasteiger charge is 2.11. The highest BCUT2D eigenvalue weighted by molar-refractivity contribution is 5.75. The Morgan fingerprint density at radius 2 is 2.16 bits per heavy atom. The van der Waals surface area contributed by atoms with Gasteiger partial charge in [0.25, 0.3) is 0 Å². The molecule has 0 aliphatic heterocycles. The molecule has 106 valence electrons. The van der Waals surface area contributed by atoms with Crippen molar-refractivity contribution in [2.75, 3.05) is 13.1 Å². The van der Waals surface area contributed by atoms with Crippen molar-refractivity contribution in [1.29, 1.82) is 0 Å². The number of aromatic hydroxyl groups is 1. The lowest BCUT2D eigenvalue weighted by molar-refractivity contribution is -0.121. The lowest BCUT2D eigenvalue weighted by atomic mass is 10.1. The average Bonchev–Trinajstić information content (AvgIpc) is 2.36. The van der Waals surface area contributed by atoms with Gasteiger partial charge in [-0.25, -0.2) is 4.39 Å². The second-order valence-electron chi connectivity index (χ2n) is 4.48. The van der Waals surface area contributed by atoms with Crippen LogP contribution in [0.5, 0.6) is 5.75 Å². The van der Waals surface area contributed by atoms with Gasteiger partial charge in [0.2, 0.25) is 5.91 Å². The molecule has 1 aromatic rings. The molecule has 0 saturated carbocycles. The molecule has 1 rings (SSSR count). The minimum Gasteiger partial charge on any atom is -0.508 e. The maximum Gasteiger partial charge on any atom is 0.221 e. The Hall–Kier alpha value is -1.62. The van der Waals surface area contributed by atoms with Gasteiger partial charge in [-0.2, -0.15) is 0 Å². The fourth-order valence-corrected chi connectivity index (χ4v) is 1.73. The Bertz CT molecular complexity index is 424. The molecule has 0 radical (unpaired) electrons. The number of benzene rings is 1. The van der Waals surface area contributed by atoms with Crippen molar-refractivity contribution in [2.24, 2.45) is 0 Å². The van der Waals surface area contributed by atoms with E-state index >= 15 is 0 Å². The summed E-state index contributed by atoms with van der Waals surface area (Å²) in [6, 6.07) is 3.87. The van der Waals surface area contributed by atoms with Gasteiger partial charge in [-0.3, -0.25) is 4.79 Å². The Kier molecular flexibility index (Phi) is 6.29. The van der Waals surface area contributed by atoms with Crippen LogP contribution in [0, 0.1) is 5.82 Å². The standard InChI is InChI=1S/C14H21FN2O2/c1-3-7-17-14(19)6-8-16-10(2)12-5-4-11(18)9-13(12)15/h4-5,9-10,16,18H,3,6-8H2,1-2H3,(H,17,19). The third kappa shape index (κ3) is 5.26.